The van der Waals surface area contributed by atoms with Crippen molar-refractivity contribution in [3.8, 4) is 5.75 Å². The molecule has 0 unspecified atom stereocenters. The van der Waals surface area contributed by atoms with Gasteiger partial charge in [-0.15, -0.1) is 0 Å². The van der Waals surface area contributed by atoms with E-state index < -0.39 is 79.6 Å². The van der Waals surface area contributed by atoms with E-state index in [9.17, 15) is 49.5 Å². The second-order valence-corrected chi connectivity index (χ2v) is 10.5. The molecule has 1 amide bonds. The molecule has 0 heterocycles. The van der Waals surface area contributed by atoms with Crippen LogP contribution in [0.15, 0.2) is 30.3 Å². The van der Waals surface area contributed by atoms with Gasteiger partial charge in [0.1, 0.15) is 23.6 Å². The molecule has 0 aromatic heterocycles. The molecule has 0 aliphatic carbocycles. The van der Waals surface area contributed by atoms with Crippen LogP contribution in [0, 0.1) is 5.41 Å². The van der Waals surface area contributed by atoms with Gasteiger partial charge in [-0.25, -0.2) is 8.78 Å². The molecule has 5 nitrogen and oxygen atoms in total. The molecule has 0 radical (unpaired) electrons. The van der Waals surface area contributed by atoms with E-state index in [2.05, 4.69) is 0 Å². The zero-order chi connectivity index (χ0) is 32.0. The Morgan fingerprint density at radius 3 is 2.19 bits per heavy atom. The number of nitrogens with one attached hydrogen (secondary N) is 1. The third-order valence-electron chi connectivity index (χ3n) is 6.19. The van der Waals surface area contributed by atoms with Crippen LogP contribution >= 0.6 is 23.2 Å². The highest BCUT2D eigenvalue weighted by molar-refractivity contribution is 6.40. The van der Waals surface area contributed by atoms with E-state index in [1.54, 1.807) is 0 Å². The minimum Gasteiger partial charge on any atom is -0.487 e. The fourth-order valence-corrected chi connectivity index (χ4v) is 4.27. The van der Waals surface area contributed by atoms with Crippen molar-refractivity contribution in [2.45, 2.75) is 58.3 Å². The van der Waals surface area contributed by atoms with Gasteiger partial charge in [0.15, 0.2) is 5.78 Å². The van der Waals surface area contributed by atoms with Crippen molar-refractivity contribution in [3.63, 3.8) is 0 Å². The lowest BCUT2D eigenvalue weighted by atomic mass is 9.84. The molecule has 0 saturated heterocycles. The van der Waals surface area contributed by atoms with Gasteiger partial charge in [0.05, 0.1) is 27.6 Å². The molecule has 232 valence electrons. The minimum atomic E-state index is -4.77. The maximum atomic E-state index is 13.2. The predicted octanol–water partition coefficient (Wildman–Crippen LogP) is 7.84. The highest BCUT2D eigenvalue weighted by Gasteiger charge is 2.52. The topological polar surface area (TPSA) is 72.5 Å². The van der Waals surface area contributed by atoms with E-state index in [4.69, 9.17) is 27.9 Å². The van der Waals surface area contributed by atoms with E-state index in [1.165, 1.54) is 18.2 Å². The van der Waals surface area contributed by atoms with Crippen molar-refractivity contribution >= 4 is 40.7 Å². The van der Waals surface area contributed by atoms with Crippen molar-refractivity contribution in [1.29, 1.82) is 0 Å². The zero-order valence-electron chi connectivity index (χ0n) is 22.1. The highest BCUT2D eigenvalue weighted by Crippen LogP contribution is 2.40. The molecule has 15 heteroatoms. The first-order valence-electron chi connectivity index (χ1n) is 12.2. The summed E-state index contributed by atoms with van der Waals surface area (Å²) in [4.78, 5) is 37.9. The van der Waals surface area contributed by atoms with Crippen molar-refractivity contribution < 1.29 is 54.2 Å². The van der Waals surface area contributed by atoms with E-state index in [-0.39, 0.29) is 38.9 Å². The van der Waals surface area contributed by atoms with Gasteiger partial charge in [-0.3, -0.25) is 14.4 Å². The Balaban J connectivity index is 2.30. The maximum Gasteiger partial charge on any atom is 0.400 e. The smallest absolute Gasteiger partial charge is 0.400 e. The van der Waals surface area contributed by atoms with Crippen LogP contribution < -0.4 is 10.1 Å². The number of hydrogen-bond acceptors (Lipinski definition) is 4. The number of ether oxygens (including phenoxy) is 1. The number of amides is 1. The molecule has 0 spiro atoms. The molecule has 2 aromatic carbocycles. The van der Waals surface area contributed by atoms with Gasteiger partial charge in [0, 0.05) is 19.4 Å². The van der Waals surface area contributed by atoms with Crippen molar-refractivity contribution in [1.82, 2.24) is 5.32 Å². The molecule has 42 heavy (non-hydrogen) atoms. The Labute approximate surface area is 245 Å². The summed E-state index contributed by atoms with van der Waals surface area (Å²) < 4.78 is 107. The summed E-state index contributed by atoms with van der Waals surface area (Å²) in [5.41, 5.74) is -2.93. The average molecular weight is 650 g/mol. The number of hydrogen-bond donors (Lipinski definition) is 1. The van der Waals surface area contributed by atoms with E-state index in [0.717, 1.165) is 26.0 Å². The van der Waals surface area contributed by atoms with Crippen LogP contribution in [0.4, 0.5) is 35.1 Å². The van der Waals surface area contributed by atoms with Crippen LogP contribution in [-0.4, -0.2) is 49.4 Å². The summed E-state index contributed by atoms with van der Waals surface area (Å²) in [6.07, 6.45) is -14.8. The zero-order valence-corrected chi connectivity index (χ0v) is 23.6. The summed E-state index contributed by atoms with van der Waals surface area (Å²) in [7, 11) is 0. The lowest BCUT2D eigenvalue weighted by Crippen LogP contribution is -2.39. The molecular formula is C27H25Cl2F8NO4. The van der Waals surface area contributed by atoms with Crippen LogP contribution in [0.2, 0.25) is 10.0 Å². The van der Waals surface area contributed by atoms with Crippen LogP contribution in [-0.2, 0) is 17.6 Å². The SMILES string of the molecule is CC(C)(C(=O)CCc1ccc(Cl)c(C(=O)Cc2ccc(OCC(F)F)c(C(=O)NCCC(F)(F)F)c2)c1Cl)C(F)(F)F. The number of halogens is 10. The van der Waals surface area contributed by atoms with Gasteiger partial charge in [-0.2, -0.15) is 26.3 Å². The summed E-state index contributed by atoms with van der Waals surface area (Å²) in [6.45, 7) is -0.410. The molecular weight excluding hydrogens is 625 g/mol. The standard InChI is InChI=1S/C27H25Cl2F8NO4/c1-25(2,27(35,36)37)20(40)8-5-15-4-6-17(28)22(23(15)29)18(39)12-14-3-7-19(42-13-21(30)31)16(11-14)24(41)38-10-9-26(32,33)34/h3-4,6-7,11,21H,5,8-10,12-13H2,1-2H3,(H,38,41). The van der Waals surface area contributed by atoms with E-state index in [1.807, 2.05) is 5.32 Å². The van der Waals surface area contributed by atoms with Gasteiger partial charge in [-0.1, -0.05) is 35.3 Å². The van der Waals surface area contributed by atoms with Crippen molar-refractivity contribution in [2.75, 3.05) is 13.2 Å². The van der Waals surface area contributed by atoms with Crippen LogP contribution in [0.3, 0.4) is 0 Å². The molecule has 0 bridgehead atoms. The van der Waals surface area contributed by atoms with Gasteiger partial charge >= 0.3 is 12.4 Å². The molecule has 1 N–H and O–H groups in total. The molecule has 0 saturated carbocycles. The Morgan fingerprint density at radius 2 is 1.62 bits per heavy atom. The predicted molar refractivity (Wildman–Crippen MR) is 139 cm³/mol. The molecule has 0 aliphatic rings. The Bertz CT molecular complexity index is 1310. The maximum absolute atomic E-state index is 13.2. The first kappa shape index (κ1) is 35.3. The first-order valence-corrected chi connectivity index (χ1v) is 13.0. The van der Waals surface area contributed by atoms with Crippen molar-refractivity contribution in [3.05, 3.63) is 62.6 Å². The Morgan fingerprint density at radius 1 is 0.976 bits per heavy atom. The number of rotatable bonds is 13. The van der Waals surface area contributed by atoms with E-state index in [0.29, 0.717) is 0 Å². The average Bonchev–Trinajstić information content (AvgIpc) is 2.85. The highest BCUT2D eigenvalue weighted by atomic mass is 35.5. The summed E-state index contributed by atoms with van der Waals surface area (Å²) in [5, 5.41) is 1.70. The fraction of sp³-hybridized carbons (Fsp3) is 0.444. The normalized spacial score (nSPS) is 12.4. The van der Waals surface area contributed by atoms with Gasteiger partial charge in [-0.05, 0) is 49.6 Å². The summed E-state index contributed by atoms with van der Waals surface area (Å²) >= 11 is 12.5. The number of benzene rings is 2. The molecule has 2 aromatic rings. The quantitative estimate of drug-likeness (QED) is 0.177. The Kier molecular flexibility index (Phi) is 11.8. The second kappa shape index (κ2) is 14.0. The number of carbonyl (C=O) groups excluding carboxylic acids is 3. The second-order valence-electron chi connectivity index (χ2n) is 9.70. The van der Waals surface area contributed by atoms with Crippen molar-refractivity contribution in [2.24, 2.45) is 5.41 Å². The number of carbonyl (C=O) groups is 3. The monoisotopic (exact) mass is 649 g/mol. The summed E-state index contributed by atoms with van der Waals surface area (Å²) in [6, 6.07) is 6.06. The van der Waals surface area contributed by atoms with Gasteiger partial charge in [0.25, 0.3) is 12.3 Å². The van der Waals surface area contributed by atoms with Crippen LogP contribution in [0.5, 0.6) is 5.75 Å². The van der Waals surface area contributed by atoms with Gasteiger partial charge in [0.2, 0.25) is 0 Å². The third kappa shape index (κ3) is 9.55. The van der Waals surface area contributed by atoms with Crippen LogP contribution in [0.25, 0.3) is 0 Å². The Hall–Kier alpha value is -2.93. The lowest BCUT2D eigenvalue weighted by molar-refractivity contribution is -0.210. The minimum absolute atomic E-state index is 0.113. The third-order valence-corrected chi connectivity index (χ3v) is 6.94. The molecule has 2 rings (SSSR count). The van der Waals surface area contributed by atoms with Gasteiger partial charge < -0.3 is 10.1 Å². The number of aryl methyl sites for hydroxylation is 1. The first-order chi connectivity index (χ1) is 19.2. The molecule has 0 aliphatic heterocycles. The van der Waals surface area contributed by atoms with E-state index >= 15 is 0 Å². The number of ketones is 2. The largest absolute Gasteiger partial charge is 0.487 e. The number of Topliss-reactive ketones (excluding diaryl/α,β-unsaturated/α-hetero) is 2. The molecule has 0 fully saturated rings. The molecule has 0 atom stereocenters. The van der Waals surface area contributed by atoms with Crippen LogP contribution in [0.1, 0.15) is 58.5 Å². The fourth-order valence-electron chi connectivity index (χ4n) is 3.59. The lowest BCUT2D eigenvalue weighted by Gasteiger charge is -2.26. The number of alkyl halides is 8. The summed E-state index contributed by atoms with van der Waals surface area (Å²) in [5.74, 6) is -3.23.